The summed E-state index contributed by atoms with van der Waals surface area (Å²) in [5.41, 5.74) is 1.90. The van der Waals surface area contributed by atoms with E-state index in [4.69, 9.17) is 0 Å². The molecule has 1 aromatic carbocycles. The lowest BCUT2D eigenvalue weighted by Gasteiger charge is -2.19. The lowest BCUT2D eigenvalue weighted by molar-refractivity contribution is -0.121. The van der Waals surface area contributed by atoms with Crippen LogP contribution in [0.15, 0.2) is 72.2 Å². The first-order chi connectivity index (χ1) is 11.8. The molecule has 4 heteroatoms. The Morgan fingerprint density at radius 3 is 2.58 bits per heavy atom. The molecule has 1 N–H and O–H groups in total. The van der Waals surface area contributed by atoms with E-state index in [1.807, 2.05) is 54.6 Å². The molecule has 3 rings (SSSR count). The molecule has 3 nitrogen and oxygen atoms in total. The molecule has 0 fully saturated rings. The number of nitrogens with one attached hydrogen (secondary N) is 1. The standard InChI is InChI=1S/C20H20N2OS/c23-19(13-6-10-17-11-7-15-24-17)22-20(16-8-2-1-3-9-16)18-12-4-5-14-21-18/h1-5,7-9,11-12,14-15,20H,6,10,13H2,(H,22,23)/t20-/m1/s1. The van der Waals surface area contributed by atoms with E-state index in [9.17, 15) is 4.79 Å². The zero-order chi connectivity index (χ0) is 16.6. The average molecular weight is 336 g/mol. The molecule has 0 bridgehead atoms. The molecule has 0 saturated carbocycles. The second-order valence-electron chi connectivity index (χ2n) is 5.60. The van der Waals surface area contributed by atoms with E-state index < -0.39 is 0 Å². The number of pyridine rings is 1. The van der Waals surface area contributed by atoms with Gasteiger partial charge in [0.25, 0.3) is 0 Å². The van der Waals surface area contributed by atoms with Crippen molar-refractivity contribution in [1.82, 2.24) is 10.3 Å². The fourth-order valence-electron chi connectivity index (χ4n) is 2.63. The summed E-state index contributed by atoms with van der Waals surface area (Å²) in [6, 6.07) is 19.7. The Morgan fingerprint density at radius 2 is 1.88 bits per heavy atom. The first kappa shape index (κ1) is 16.4. The number of hydrogen-bond acceptors (Lipinski definition) is 3. The SMILES string of the molecule is O=C(CCCc1cccs1)N[C@H](c1ccccc1)c1ccccn1. The molecule has 3 aromatic rings. The number of aromatic nitrogens is 1. The molecule has 122 valence electrons. The molecular weight excluding hydrogens is 316 g/mol. The second-order valence-corrected chi connectivity index (χ2v) is 6.63. The summed E-state index contributed by atoms with van der Waals surface area (Å²) in [4.78, 5) is 18.1. The minimum absolute atomic E-state index is 0.0612. The van der Waals surface area contributed by atoms with Crippen LogP contribution in [0.2, 0.25) is 0 Å². The number of benzene rings is 1. The van der Waals surface area contributed by atoms with Crippen LogP contribution in [-0.2, 0) is 11.2 Å². The number of amides is 1. The van der Waals surface area contributed by atoms with Gasteiger partial charge in [-0.2, -0.15) is 0 Å². The topological polar surface area (TPSA) is 42.0 Å². The Labute approximate surface area is 146 Å². The fourth-order valence-corrected chi connectivity index (χ4v) is 3.38. The second kappa shape index (κ2) is 8.41. The minimum Gasteiger partial charge on any atom is -0.344 e. The quantitative estimate of drug-likeness (QED) is 0.696. The molecule has 0 unspecified atom stereocenters. The van der Waals surface area contributed by atoms with Gasteiger partial charge in [-0.1, -0.05) is 42.5 Å². The van der Waals surface area contributed by atoms with Crippen molar-refractivity contribution in [2.45, 2.75) is 25.3 Å². The number of rotatable bonds is 7. The molecule has 0 radical (unpaired) electrons. The van der Waals surface area contributed by atoms with Crippen molar-refractivity contribution >= 4 is 17.2 Å². The van der Waals surface area contributed by atoms with Crippen LogP contribution in [0.25, 0.3) is 0 Å². The maximum atomic E-state index is 12.4. The Morgan fingerprint density at radius 1 is 1.04 bits per heavy atom. The van der Waals surface area contributed by atoms with E-state index in [2.05, 4.69) is 21.7 Å². The number of thiophene rings is 1. The molecule has 0 aliphatic heterocycles. The van der Waals surface area contributed by atoms with E-state index in [1.165, 1.54) is 4.88 Å². The van der Waals surface area contributed by atoms with Gasteiger partial charge >= 0.3 is 0 Å². The number of aryl methyl sites for hydroxylation is 1. The Hall–Kier alpha value is -2.46. The molecule has 1 amide bonds. The van der Waals surface area contributed by atoms with Gasteiger partial charge in [-0.3, -0.25) is 9.78 Å². The Kier molecular flexibility index (Phi) is 5.75. The average Bonchev–Trinajstić information content (AvgIpc) is 3.15. The van der Waals surface area contributed by atoms with E-state index in [0.29, 0.717) is 6.42 Å². The highest BCUT2D eigenvalue weighted by Crippen LogP contribution is 2.20. The van der Waals surface area contributed by atoms with Gasteiger partial charge in [-0.25, -0.2) is 0 Å². The Bertz CT molecular complexity index is 702. The van der Waals surface area contributed by atoms with Gasteiger partial charge in [-0.05, 0) is 42.0 Å². The minimum atomic E-state index is -0.207. The van der Waals surface area contributed by atoms with Crippen molar-refractivity contribution in [2.24, 2.45) is 0 Å². The summed E-state index contributed by atoms with van der Waals surface area (Å²) in [5, 5.41) is 5.20. The summed E-state index contributed by atoms with van der Waals surface area (Å²) in [6.07, 6.45) is 4.09. The van der Waals surface area contributed by atoms with Gasteiger partial charge in [0, 0.05) is 17.5 Å². The summed E-state index contributed by atoms with van der Waals surface area (Å²) in [7, 11) is 0. The smallest absolute Gasteiger partial charge is 0.220 e. The molecule has 0 aliphatic rings. The molecule has 0 aliphatic carbocycles. The molecule has 2 heterocycles. The van der Waals surface area contributed by atoms with Crippen LogP contribution in [0.4, 0.5) is 0 Å². The zero-order valence-corrected chi connectivity index (χ0v) is 14.2. The number of nitrogens with zero attached hydrogens (tertiary/aromatic N) is 1. The Balaban J connectivity index is 1.64. The third kappa shape index (κ3) is 4.52. The largest absolute Gasteiger partial charge is 0.344 e. The van der Waals surface area contributed by atoms with Gasteiger partial charge in [-0.15, -0.1) is 11.3 Å². The van der Waals surface area contributed by atoms with Crippen molar-refractivity contribution < 1.29 is 4.79 Å². The maximum Gasteiger partial charge on any atom is 0.220 e. The van der Waals surface area contributed by atoms with Crippen LogP contribution >= 0.6 is 11.3 Å². The van der Waals surface area contributed by atoms with Gasteiger partial charge in [0.2, 0.25) is 5.91 Å². The highest BCUT2D eigenvalue weighted by Gasteiger charge is 2.17. The van der Waals surface area contributed by atoms with Crippen LogP contribution in [-0.4, -0.2) is 10.9 Å². The summed E-state index contributed by atoms with van der Waals surface area (Å²) in [5.74, 6) is 0.0612. The van der Waals surface area contributed by atoms with Gasteiger partial charge in [0.05, 0.1) is 11.7 Å². The van der Waals surface area contributed by atoms with Crippen LogP contribution in [0, 0.1) is 0 Å². The highest BCUT2D eigenvalue weighted by molar-refractivity contribution is 7.09. The molecule has 0 spiro atoms. The van der Waals surface area contributed by atoms with Crippen LogP contribution in [0.5, 0.6) is 0 Å². The zero-order valence-electron chi connectivity index (χ0n) is 13.4. The number of carbonyl (C=O) groups is 1. The summed E-state index contributed by atoms with van der Waals surface area (Å²) < 4.78 is 0. The van der Waals surface area contributed by atoms with Gasteiger partial charge in [0.15, 0.2) is 0 Å². The number of hydrogen-bond donors (Lipinski definition) is 1. The highest BCUT2D eigenvalue weighted by atomic mass is 32.1. The van der Waals surface area contributed by atoms with Crippen molar-refractivity contribution in [3.8, 4) is 0 Å². The normalized spacial score (nSPS) is 11.8. The van der Waals surface area contributed by atoms with Gasteiger partial charge in [0.1, 0.15) is 0 Å². The third-order valence-corrected chi connectivity index (χ3v) is 4.77. The van der Waals surface area contributed by atoms with Crippen molar-refractivity contribution in [3.63, 3.8) is 0 Å². The van der Waals surface area contributed by atoms with Crippen LogP contribution in [0.1, 0.15) is 35.0 Å². The van der Waals surface area contributed by atoms with Crippen molar-refractivity contribution in [2.75, 3.05) is 0 Å². The van der Waals surface area contributed by atoms with Crippen molar-refractivity contribution in [3.05, 3.63) is 88.4 Å². The maximum absolute atomic E-state index is 12.4. The van der Waals surface area contributed by atoms with E-state index in [-0.39, 0.29) is 11.9 Å². The number of carbonyl (C=O) groups excluding carboxylic acids is 1. The predicted octanol–water partition coefficient (Wildman–Crippen LogP) is 4.37. The predicted molar refractivity (Wildman–Crippen MR) is 97.9 cm³/mol. The summed E-state index contributed by atoms with van der Waals surface area (Å²) >= 11 is 1.74. The molecule has 1 atom stereocenters. The first-order valence-electron chi connectivity index (χ1n) is 8.10. The van der Waals surface area contributed by atoms with Gasteiger partial charge < -0.3 is 5.32 Å². The summed E-state index contributed by atoms with van der Waals surface area (Å²) in [6.45, 7) is 0. The van der Waals surface area contributed by atoms with E-state index >= 15 is 0 Å². The molecule has 0 saturated heterocycles. The molecule has 2 aromatic heterocycles. The third-order valence-electron chi connectivity index (χ3n) is 3.83. The lowest BCUT2D eigenvalue weighted by Crippen LogP contribution is -2.29. The molecule has 24 heavy (non-hydrogen) atoms. The van der Waals surface area contributed by atoms with E-state index in [0.717, 1.165) is 24.1 Å². The monoisotopic (exact) mass is 336 g/mol. The lowest BCUT2D eigenvalue weighted by atomic mass is 10.0. The van der Waals surface area contributed by atoms with Crippen molar-refractivity contribution in [1.29, 1.82) is 0 Å². The van der Waals surface area contributed by atoms with E-state index in [1.54, 1.807) is 17.5 Å². The first-order valence-corrected chi connectivity index (χ1v) is 8.98. The van der Waals surface area contributed by atoms with Crippen LogP contribution in [0.3, 0.4) is 0 Å². The molecular formula is C20H20N2OS. The van der Waals surface area contributed by atoms with Crippen LogP contribution < -0.4 is 5.32 Å². The fraction of sp³-hybridized carbons (Fsp3) is 0.200.